The molecule has 0 amide bonds. The molecule has 0 spiro atoms. The van der Waals surface area contributed by atoms with E-state index < -0.39 is 11.7 Å². The molecular formula is C29H40FNO4. The van der Waals surface area contributed by atoms with Gasteiger partial charge in [-0.3, -0.25) is 4.79 Å². The van der Waals surface area contributed by atoms with Gasteiger partial charge in [0.1, 0.15) is 11.9 Å². The van der Waals surface area contributed by atoms with Crippen molar-refractivity contribution in [2.45, 2.75) is 77.8 Å². The second kappa shape index (κ2) is 11.1. The van der Waals surface area contributed by atoms with Crippen molar-refractivity contribution in [2.24, 2.45) is 23.7 Å². The highest BCUT2D eigenvalue weighted by atomic mass is 19.1. The molecule has 2 aliphatic carbocycles. The second-order valence-electron chi connectivity index (χ2n) is 11.0. The van der Waals surface area contributed by atoms with Crippen LogP contribution in [0.1, 0.15) is 58.9 Å². The van der Waals surface area contributed by atoms with Crippen LogP contribution in [0.5, 0.6) is 0 Å². The van der Waals surface area contributed by atoms with Crippen LogP contribution in [0.25, 0.3) is 0 Å². The number of esters is 1. The Kier molecular flexibility index (Phi) is 8.34. The third-order valence-electron chi connectivity index (χ3n) is 8.37. The van der Waals surface area contributed by atoms with Crippen LogP contribution in [-0.2, 0) is 20.9 Å². The average molecular weight is 486 g/mol. The third-order valence-corrected chi connectivity index (χ3v) is 8.37. The van der Waals surface area contributed by atoms with E-state index in [-0.39, 0.29) is 29.7 Å². The Labute approximate surface area is 209 Å². The molecule has 1 aromatic rings. The second-order valence-corrected chi connectivity index (χ2v) is 11.0. The first-order valence-corrected chi connectivity index (χ1v) is 13.1. The number of halogens is 1. The summed E-state index contributed by atoms with van der Waals surface area (Å²) in [7, 11) is 0. The molecule has 5 nitrogen and oxygen atoms in total. The van der Waals surface area contributed by atoms with E-state index in [0.29, 0.717) is 18.4 Å². The smallest absolute Gasteiger partial charge is 0.303 e. The summed E-state index contributed by atoms with van der Waals surface area (Å²) in [5, 5.41) is 11.7. The number of fused-ring (bicyclic) bond motifs is 1. The van der Waals surface area contributed by atoms with E-state index in [9.17, 15) is 14.3 Å². The maximum atomic E-state index is 13.1. The zero-order valence-corrected chi connectivity index (χ0v) is 21.5. The van der Waals surface area contributed by atoms with Gasteiger partial charge in [0, 0.05) is 32.5 Å². The van der Waals surface area contributed by atoms with Crippen molar-refractivity contribution >= 4 is 5.97 Å². The van der Waals surface area contributed by atoms with Crippen LogP contribution in [0.3, 0.4) is 0 Å². The van der Waals surface area contributed by atoms with E-state index in [1.807, 2.05) is 6.92 Å². The fraction of sp³-hybridized carbons (Fsp3) is 0.655. The Balaban J connectivity index is 1.31. The van der Waals surface area contributed by atoms with E-state index in [1.54, 1.807) is 12.1 Å². The van der Waals surface area contributed by atoms with Crippen LogP contribution in [-0.4, -0.2) is 53.4 Å². The Morgan fingerprint density at radius 2 is 1.91 bits per heavy atom. The number of aliphatic hydroxyl groups is 1. The number of carbonyl (C=O) groups is 1. The minimum absolute atomic E-state index is 0.00959. The predicted molar refractivity (Wildman–Crippen MR) is 133 cm³/mol. The minimum Gasteiger partial charge on any atom is -0.457 e. The molecule has 2 radical (unpaired) electrons. The Morgan fingerprint density at radius 1 is 1.23 bits per heavy atom. The summed E-state index contributed by atoms with van der Waals surface area (Å²) in [6.07, 6.45) is 9.10. The summed E-state index contributed by atoms with van der Waals surface area (Å²) in [6, 6.07) is 6.52. The molecule has 2 fully saturated rings. The Bertz CT molecular complexity index is 894. The topological polar surface area (TPSA) is 59.0 Å². The largest absolute Gasteiger partial charge is 0.457 e. The molecule has 0 bridgehead atoms. The van der Waals surface area contributed by atoms with Crippen LogP contribution in [0.15, 0.2) is 35.9 Å². The van der Waals surface area contributed by atoms with Crippen LogP contribution in [0, 0.1) is 35.9 Å². The highest BCUT2D eigenvalue weighted by molar-refractivity contribution is 5.66. The lowest BCUT2D eigenvalue weighted by Crippen LogP contribution is -2.56. The summed E-state index contributed by atoms with van der Waals surface area (Å²) < 4.78 is 24.6. The van der Waals surface area contributed by atoms with Crippen molar-refractivity contribution in [1.82, 2.24) is 4.90 Å². The standard InChI is InChI=1S/C29H40FNO4/c1-19-15-27-26(10-5-21(3)29(27,33)16-28(19)35-22(4)32)20(2)17-31-13-11-25(12-14-31)34-18-23-6-8-24(30)9-7-23/h6-9,15,20-21,25-28,33H,5,10-14,17-18H2,1-4H3/t20-,21-,26+,27-,28-,29-/m1/s1. The molecule has 1 saturated heterocycles. The van der Waals surface area contributed by atoms with Gasteiger partial charge in [-0.25, -0.2) is 4.39 Å². The van der Waals surface area contributed by atoms with Crippen LogP contribution >= 0.6 is 0 Å². The number of carbonyl (C=O) groups excluding carboxylic acids is 1. The van der Waals surface area contributed by atoms with Gasteiger partial charge in [-0.1, -0.05) is 32.1 Å². The average Bonchev–Trinajstić information content (AvgIpc) is 2.81. The van der Waals surface area contributed by atoms with Crippen molar-refractivity contribution in [3.05, 3.63) is 53.7 Å². The van der Waals surface area contributed by atoms with Gasteiger partial charge in [-0.15, -0.1) is 0 Å². The molecule has 1 aliphatic heterocycles. The minimum atomic E-state index is -1.07. The molecule has 6 heteroatoms. The van der Waals surface area contributed by atoms with Crippen molar-refractivity contribution in [3.8, 4) is 0 Å². The number of nitrogens with zero attached hydrogens (tertiary/aromatic N) is 1. The maximum Gasteiger partial charge on any atom is 0.303 e. The van der Waals surface area contributed by atoms with Gasteiger partial charge in [0.05, 0.1) is 24.7 Å². The molecule has 0 aromatic heterocycles. The number of hydrogen-bond donors (Lipinski definition) is 1. The van der Waals surface area contributed by atoms with E-state index >= 15 is 0 Å². The van der Waals surface area contributed by atoms with Gasteiger partial charge in [0.25, 0.3) is 0 Å². The van der Waals surface area contributed by atoms with Crippen LogP contribution in [0.2, 0.25) is 0 Å². The van der Waals surface area contributed by atoms with Gasteiger partial charge in [-0.2, -0.15) is 0 Å². The lowest BCUT2D eigenvalue weighted by Gasteiger charge is -2.52. The van der Waals surface area contributed by atoms with E-state index in [4.69, 9.17) is 9.47 Å². The van der Waals surface area contributed by atoms with Crippen LogP contribution in [0.4, 0.5) is 4.39 Å². The quantitative estimate of drug-likeness (QED) is 0.444. The number of rotatable bonds is 7. The Morgan fingerprint density at radius 3 is 2.57 bits per heavy atom. The summed E-state index contributed by atoms with van der Waals surface area (Å²) in [4.78, 5) is 14.1. The van der Waals surface area contributed by atoms with Gasteiger partial charge >= 0.3 is 5.97 Å². The molecule has 1 saturated carbocycles. The number of ether oxygens (including phenoxy) is 2. The van der Waals surface area contributed by atoms with Crippen LogP contribution < -0.4 is 0 Å². The summed E-state index contributed by atoms with van der Waals surface area (Å²) in [6.45, 7) is 11.3. The predicted octanol–water partition coefficient (Wildman–Crippen LogP) is 4.81. The molecular weight excluding hydrogens is 445 g/mol. The Hall–Kier alpha value is -1.76. The SMILES string of the molecule is CC(=O)O[C@@H]1[C][C@@]2(O)[C@H](C)CC[C@@H]([C@H](C)CN3CCC(OCc4ccc(F)cc4)CC3)[C@H]2C=C1C. The van der Waals surface area contributed by atoms with Gasteiger partial charge in [0.15, 0.2) is 0 Å². The summed E-state index contributed by atoms with van der Waals surface area (Å²) >= 11 is 0. The number of benzene rings is 1. The first-order valence-electron chi connectivity index (χ1n) is 13.1. The van der Waals surface area contributed by atoms with Gasteiger partial charge < -0.3 is 19.5 Å². The zero-order valence-electron chi connectivity index (χ0n) is 21.5. The molecule has 1 heterocycles. The number of piperidine rings is 1. The van der Waals surface area contributed by atoms with Crippen molar-refractivity contribution < 1.29 is 23.8 Å². The first-order chi connectivity index (χ1) is 16.7. The molecule has 1 N–H and O–H groups in total. The highest BCUT2D eigenvalue weighted by Gasteiger charge is 2.53. The van der Waals surface area contributed by atoms with Crippen molar-refractivity contribution in [3.63, 3.8) is 0 Å². The molecule has 6 atom stereocenters. The van der Waals surface area contributed by atoms with Gasteiger partial charge in [-0.05, 0) is 73.6 Å². The van der Waals surface area contributed by atoms with Gasteiger partial charge in [0.2, 0.25) is 0 Å². The molecule has 4 rings (SSSR count). The number of likely N-dealkylation sites (tertiary alicyclic amines) is 1. The normalized spacial score (nSPS) is 33.0. The molecule has 1 aromatic carbocycles. The summed E-state index contributed by atoms with van der Waals surface area (Å²) in [5.41, 5.74) is 0.889. The first kappa shape index (κ1) is 26.3. The molecule has 35 heavy (non-hydrogen) atoms. The molecule has 192 valence electrons. The van der Waals surface area contributed by atoms with E-state index in [0.717, 1.165) is 56.5 Å². The third kappa shape index (κ3) is 6.15. The molecule has 3 aliphatic rings. The highest BCUT2D eigenvalue weighted by Crippen LogP contribution is 2.50. The maximum absolute atomic E-state index is 13.1. The lowest BCUT2D eigenvalue weighted by atomic mass is 9.57. The van der Waals surface area contributed by atoms with Crippen molar-refractivity contribution in [1.29, 1.82) is 0 Å². The van der Waals surface area contributed by atoms with Crippen molar-refractivity contribution in [2.75, 3.05) is 19.6 Å². The van der Waals surface area contributed by atoms with E-state index in [2.05, 4.69) is 31.2 Å². The molecule has 0 unspecified atom stereocenters. The fourth-order valence-electron chi connectivity index (χ4n) is 6.20. The monoisotopic (exact) mass is 485 g/mol. The fourth-order valence-corrected chi connectivity index (χ4v) is 6.20. The summed E-state index contributed by atoms with van der Waals surface area (Å²) in [5.74, 6) is 0.268. The zero-order chi connectivity index (χ0) is 25.2. The van der Waals surface area contributed by atoms with E-state index in [1.165, 1.54) is 19.1 Å². The number of hydrogen-bond acceptors (Lipinski definition) is 5. The lowest BCUT2D eigenvalue weighted by molar-refractivity contribution is -0.148.